The van der Waals surface area contributed by atoms with Gasteiger partial charge in [-0.3, -0.25) is 0 Å². The number of aliphatic carboxylic acids is 1. The van der Waals surface area contributed by atoms with Crippen molar-refractivity contribution in [2.75, 3.05) is 6.61 Å². The molecule has 1 N–H and O–H groups in total. The predicted molar refractivity (Wildman–Crippen MR) is 74.7 cm³/mol. The number of hydrogen-bond donors (Lipinski definition) is 1. The highest BCUT2D eigenvalue weighted by molar-refractivity contribution is 5.73. The lowest BCUT2D eigenvalue weighted by Crippen LogP contribution is -2.10. The van der Waals surface area contributed by atoms with E-state index in [4.69, 9.17) is 9.84 Å². The Morgan fingerprint density at radius 1 is 1.18 bits per heavy atom. The average molecular weight is 310 g/mol. The number of carboxylic acids is 1. The first-order chi connectivity index (χ1) is 10.3. The van der Waals surface area contributed by atoms with E-state index in [1.54, 1.807) is 25.1 Å². The summed E-state index contributed by atoms with van der Waals surface area (Å²) < 4.78 is 43.6. The van der Waals surface area contributed by atoms with Crippen molar-refractivity contribution in [3.8, 4) is 16.9 Å². The molecule has 2 aromatic rings. The number of ether oxygens (including phenoxy) is 1. The standard InChI is InChI=1S/C16H13F3O3/c1-10-5-6-14(22-9-15(20)21)13(7-10)11-3-2-4-12(8-11)16(17,18)19/h2-8H,9H2,1H3,(H,20,21). The molecule has 116 valence electrons. The maximum atomic E-state index is 12.8. The molecule has 0 fully saturated rings. The molecule has 2 rings (SSSR count). The van der Waals surface area contributed by atoms with Gasteiger partial charge in [0.25, 0.3) is 0 Å². The van der Waals surface area contributed by atoms with Crippen LogP contribution in [-0.4, -0.2) is 17.7 Å². The number of hydrogen-bond acceptors (Lipinski definition) is 2. The minimum absolute atomic E-state index is 0.229. The van der Waals surface area contributed by atoms with Crippen LogP contribution in [0, 0.1) is 6.92 Å². The van der Waals surface area contributed by atoms with Gasteiger partial charge in [-0.15, -0.1) is 0 Å². The van der Waals surface area contributed by atoms with Gasteiger partial charge in [0.2, 0.25) is 0 Å². The van der Waals surface area contributed by atoms with Crippen molar-refractivity contribution in [2.24, 2.45) is 0 Å². The Bertz CT molecular complexity index is 693. The van der Waals surface area contributed by atoms with Gasteiger partial charge in [-0.25, -0.2) is 4.79 Å². The molecule has 2 aromatic carbocycles. The molecule has 0 amide bonds. The van der Waals surface area contributed by atoms with E-state index in [1.807, 2.05) is 0 Å². The van der Waals surface area contributed by atoms with E-state index in [-0.39, 0.29) is 5.75 Å². The summed E-state index contributed by atoms with van der Waals surface area (Å²) in [4.78, 5) is 10.6. The smallest absolute Gasteiger partial charge is 0.416 e. The highest BCUT2D eigenvalue weighted by Gasteiger charge is 2.30. The van der Waals surface area contributed by atoms with Crippen molar-refractivity contribution in [1.82, 2.24) is 0 Å². The molecule has 0 spiro atoms. The normalized spacial score (nSPS) is 11.3. The van der Waals surface area contributed by atoms with E-state index in [2.05, 4.69) is 0 Å². The van der Waals surface area contributed by atoms with Crippen molar-refractivity contribution in [1.29, 1.82) is 0 Å². The molecule has 0 bridgehead atoms. The van der Waals surface area contributed by atoms with Gasteiger partial charge in [-0.05, 0) is 36.8 Å². The van der Waals surface area contributed by atoms with Gasteiger partial charge in [-0.2, -0.15) is 13.2 Å². The summed E-state index contributed by atoms with van der Waals surface area (Å²) in [5.41, 5.74) is 0.803. The highest BCUT2D eigenvalue weighted by atomic mass is 19.4. The number of halogens is 3. The first kappa shape index (κ1) is 15.9. The fourth-order valence-electron chi connectivity index (χ4n) is 2.00. The molecule has 22 heavy (non-hydrogen) atoms. The van der Waals surface area contributed by atoms with Crippen LogP contribution in [-0.2, 0) is 11.0 Å². The molecule has 0 aliphatic rings. The van der Waals surface area contributed by atoms with Crippen LogP contribution in [0.2, 0.25) is 0 Å². The summed E-state index contributed by atoms with van der Waals surface area (Å²) in [6.07, 6.45) is -4.44. The van der Waals surface area contributed by atoms with Crippen LogP contribution in [0.5, 0.6) is 5.75 Å². The Balaban J connectivity index is 2.47. The van der Waals surface area contributed by atoms with Crippen molar-refractivity contribution in [3.63, 3.8) is 0 Å². The summed E-state index contributed by atoms with van der Waals surface area (Å²) in [7, 11) is 0. The Labute approximate surface area is 125 Å². The molecule has 0 unspecified atom stereocenters. The lowest BCUT2D eigenvalue weighted by atomic mass is 10.00. The molecule has 0 heterocycles. The summed E-state index contributed by atoms with van der Waals surface area (Å²) in [5, 5.41) is 8.67. The van der Waals surface area contributed by atoms with Crippen LogP contribution in [0.3, 0.4) is 0 Å². The number of carboxylic acid groups (broad SMARTS) is 1. The summed E-state index contributed by atoms with van der Waals surface area (Å²) in [5.74, 6) is -0.928. The third kappa shape index (κ3) is 3.78. The quantitative estimate of drug-likeness (QED) is 0.923. The molecule has 3 nitrogen and oxygen atoms in total. The average Bonchev–Trinajstić information content (AvgIpc) is 2.45. The van der Waals surface area contributed by atoms with Crippen LogP contribution in [0.1, 0.15) is 11.1 Å². The van der Waals surface area contributed by atoms with Gasteiger partial charge in [0, 0.05) is 5.56 Å². The van der Waals surface area contributed by atoms with Crippen LogP contribution < -0.4 is 4.74 Å². The minimum atomic E-state index is -4.44. The Kier molecular flexibility index (Phi) is 4.40. The maximum Gasteiger partial charge on any atom is 0.416 e. The van der Waals surface area contributed by atoms with Crippen molar-refractivity contribution < 1.29 is 27.8 Å². The third-order valence-electron chi connectivity index (χ3n) is 2.99. The monoisotopic (exact) mass is 310 g/mol. The Hall–Kier alpha value is -2.50. The topological polar surface area (TPSA) is 46.5 Å². The van der Waals surface area contributed by atoms with Gasteiger partial charge >= 0.3 is 12.1 Å². The van der Waals surface area contributed by atoms with E-state index < -0.39 is 24.3 Å². The van der Waals surface area contributed by atoms with E-state index in [0.717, 1.165) is 17.7 Å². The second-order valence-electron chi connectivity index (χ2n) is 4.76. The van der Waals surface area contributed by atoms with Crippen molar-refractivity contribution in [3.05, 3.63) is 53.6 Å². The molecular weight excluding hydrogens is 297 g/mol. The minimum Gasteiger partial charge on any atom is -0.481 e. The van der Waals surface area contributed by atoms with Crippen molar-refractivity contribution >= 4 is 5.97 Å². The van der Waals surface area contributed by atoms with Crippen LogP contribution >= 0.6 is 0 Å². The van der Waals surface area contributed by atoms with Gasteiger partial charge in [0.05, 0.1) is 5.56 Å². The molecule has 0 aliphatic heterocycles. The fourth-order valence-corrected chi connectivity index (χ4v) is 2.00. The second kappa shape index (κ2) is 6.09. The first-order valence-corrected chi connectivity index (χ1v) is 6.40. The van der Waals surface area contributed by atoms with E-state index in [0.29, 0.717) is 11.1 Å². The predicted octanol–water partition coefficient (Wildman–Crippen LogP) is 4.14. The summed E-state index contributed by atoms with van der Waals surface area (Å²) in [6, 6.07) is 9.74. The SMILES string of the molecule is Cc1ccc(OCC(=O)O)c(-c2cccc(C(F)(F)F)c2)c1. The molecule has 6 heteroatoms. The largest absolute Gasteiger partial charge is 0.481 e. The zero-order valence-corrected chi connectivity index (χ0v) is 11.6. The first-order valence-electron chi connectivity index (χ1n) is 6.40. The van der Waals surface area contributed by atoms with Crippen LogP contribution in [0.25, 0.3) is 11.1 Å². The highest BCUT2D eigenvalue weighted by Crippen LogP contribution is 2.35. The van der Waals surface area contributed by atoms with E-state index in [1.165, 1.54) is 12.1 Å². The number of carbonyl (C=O) groups is 1. The van der Waals surface area contributed by atoms with Gasteiger partial charge in [-0.1, -0.05) is 23.8 Å². The number of aryl methyl sites for hydroxylation is 1. The molecule has 0 radical (unpaired) electrons. The number of rotatable bonds is 4. The third-order valence-corrected chi connectivity index (χ3v) is 2.99. The Morgan fingerprint density at radius 2 is 1.91 bits per heavy atom. The Morgan fingerprint density at radius 3 is 2.55 bits per heavy atom. The molecule has 0 aromatic heterocycles. The molecule has 0 aliphatic carbocycles. The lowest BCUT2D eigenvalue weighted by Gasteiger charge is -2.13. The molecule has 0 saturated carbocycles. The second-order valence-corrected chi connectivity index (χ2v) is 4.76. The zero-order chi connectivity index (χ0) is 16.3. The van der Waals surface area contributed by atoms with Gasteiger partial charge < -0.3 is 9.84 Å². The number of alkyl halides is 3. The summed E-state index contributed by atoms with van der Waals surface area (Å²) >= 11 is 0. The van der Waals surface area contributed by atoms with Gasteiger partial charge in [0.15, 0.2) is 6.61 Å². The summed E-state index contributed by atoms with van der Waals surface area (Å²) in [6.45, 7) is 1.23. The zero-order valence-electron chi connectivity index (χ0n) is 11.6. The lowest BCUT2D eigenvalue weighted by molar-refractivity contribution is -0.139. The molecule has 0 saturated heterocycles. The number of benzene rings is 2. The fraction of sp³-hybridized carbons (Fsp3) is 0.188. The van der Waals surface area contributed by atoms with Crippen molar-refractivity contribution in [2.45, 2.75) is 13.1 Å². The van der Waals surface area contributed by atoms with E-state index >= 15 is 0 Å². The van der Waals surface area contributed by atoms with Gasteiger partial charge in [0.1, 0.15) is 5.75 Å². The molecular formula is C16H13F3O3. The maximum absolute atomic E-state index is 12.8. The molecule has 0 atom stereocenters. The van der Waals surface area contributed by atoms with Crippen LogP contribution in [0.4, 0.5) is 13.2 Å². The van der Waals surface area contributed by atoms with Crippen LogP contribution in [0.15, 0.2) is 42.5 Å². The van der Waals surface area contributed by atoms with E-state index in [9.17, 15) is 18.0 Å².